The minimum Gasteiger partial charge on any atom is -0.353 e. The Bertz CT molecular complexity index is 578. The summed E-state index contributed by atoms with van der Waals surface area (Å²) in [4.78, 5) is 36.6. The number of piperidine rings is 1. The Labute approximate surface area is 134 Å². The van der Waals surface area contributed by atoms with Gasteiger partial charge in [-0.3, -0.25) is 9.59 Å². The number of hydrogen-bond donors (Lipinski definition) is 1. The van der Waals surface area contributed by atoms with Gasteiger partial charge in [-0.25, -0.2) is 4.39 Å². The molecule has 2 amide bonds. The van der Waals surface area contributed by atoms with Crippen molar-refractivity contribution in [2.24, 2.45) is 0 Å². The maximum Gasteiger partial charge on any atom is 0.253 e. The summed E-state index contributed by atoms with van der Waals surface area (Å²) in [5.41, 5.74) is 0.468. The summed E-state index contributed by atoms with van der Waals surface area (Å²) in [6.07, 6.45) is 1.83. The average Bonchev–Trinajstić information content (AvgIpc) is 2.54. The van der Waals surface area contributed by atoms with Crippen LogP contribution in [0.5, 0.6) is 0 Å². The summed E-state index contributed by atoms with van der Waals surface area (Å²) in [5.74, 6) is -0.608. The third-order valence-corrected chi connectivity index (χ3v) is 3.94. The van der Waals surface area contributed by atoms with E-state index in [2.05, 4.69) is 5.32 Å². The average molecular weight is 320 g/mol. The third kappa shape index (κ3) is 5.16. The number of carbonyl (C=O) groups excluding carboxylic acids is 3. The van der Waals surface area contributed by atoms with Crippen LogP contribution in [0.15, 0.2) is 24.3 Å². The fraction of sp³-hybridized carbons (Fsp3) is 0.471. The van der Waals surface area contributed by atoms with Gasteiger partial charge in [0.15, 0.2) is 0 Å². The molecule has 1 aromatic carbocycles. The number of hydrogen-bond acceptors (Lipinski definition) is 3. The van der Waals surface area contributed by atoms with Gasteiger partial charge in [0.05, 0.1) is 0 Å². The summed E-state index contributed by atoms with van der Waals surface area (Å²) < 4.78 is 12.9. The summed E-state index contributed by atoms with van der Waals surface area (Å²) in [5, 5.41) is 2.90. The standard InChI is InChI=1S/C17H21FN2O3/c1-12(21)2-7-16(22)19-15-8-10-20(11-9-15)17(23)13-3-5-14(18)6-4-13/h3-6,15H,2,7-11H2,1H3,(H,19,22). The maximum atomic E-state index is 12.9. The van der Waals surface area contributed by atoms with Crippen LogP contribution in [0, 0.1) is 5.82 Å². The van der Waals surface area contributed by atoms with Gasteiger partial charge in [0.1, 0.15) is 11.6 Å². The molecule has 0 aliphatic carbocycles. The first-order valence-corrected chi connectivity index (χ1v) is 7.79. The Morgan fingerprint density at radius 3 is 2.30 bits per heavy atom. The van der Waals surface area contributed by atoms with E-state index in [1.54, 1.807) is 4.90 Å². The van der Waals surface area contributed by atoms with Gasteiger partial charge < -0.3 is 15.0 Å². The molecule has 124 valence electrons. The van der Waals surface area contributed by atoms with Crippen molar-refractivity contribution in [2.45, 2.75) is 38.6 Å². The number of nitrogens with one attached hydrogen (secondary N) is 1. The minimum absolute atomic E-state index is 0.000126. The van der Waals surface area contributed by atoms with Crippen LogP contribution in [-0.4, -0.2) is 41.6 Å². The highest BCUT2D eigenvalue weighted by Gasteiger charge is 2.24. The van der Waals surface area contributed by atoms with E-state index in [4.69, 9.17) is 0 Å². The van der Waals surface area contributed by atoms with E-state index in [1.165, 1.54) is 31.2 Å². The fourth-order valence-corrected chi connectivity index (χ4v) is 2.59. The van der Waals surface area contributed by atoms with Gasteiger partial charge in [-0.05, 0) is 44.0 Å². The molecule has 0 spiro atoms. The molecule has 0 radical (unpaired) electrons. The Hall–Kier alpha value is -2.24. The largest absolute Gasteiger partial charge is 0.353 e. The molecule has 0 atom stereocenters. The summed E-state index contributed by atoms with van der Waals surface area (Å²) in [6, 6.07) is 5.54. The number of halogens is 1. The highest BCUT2D eigenvalue weighted by molar-refractivity contribution is 5.94. The molecule has 1 aromatic rings. The van der Waals surface area contributed by atoms with Gasteiger partial charge in [-0.1, -0.05) is 0 Å². The monoisotopic (exact) mass is 320 g/mol. The second kappa shape index (κ2) is 7.85. The van der Waals surface area contributed by atoms with Crippen molar-refractivity contribution < 1.29 is 18.8 Å². The van der Waals surface area contributed by atoms with Gasteiger partial charge >= 0.3 is 0 Å². The molecule has 1 aliphatic rings. The molecule has 1 N–H and O–H groups in total. The molecule has 0 aromatic heterocycles. The molecule has 0 unspecified atom stereocenters. The lowest BCUT2D eigenvalue weighted by Crippen LogP contribution is -2.46. The molecule has 1 aliphatic heterocycles. The maximum absolute atomic E-state index is 12.9. The van der Waals surface area contributed by atoms with Crippen LogP contribution in [0.3, 0.4) is 0 Å². The van der Waals surface area contributed by atoms with Gasteiger partial charge in [0.2, 0.25) is 5.91 Å². The molecule has 1 heterocycles. The third-order valence-electron chi connectivity index (χ3n) is 3.94. The number of carbonyl (C=O) groups is 3. The molecule has 23 heavy (non-hydrogen) atoms. The SMILES string of the molecule is CC(=O)CCC(=O)NC1CCN(C(=O)c2ccc(F)cc2)CC1. The van der Waals surface area contributed by atoms with E-state index < -0.39 is 0 Å². The predicted octanol–water partition coefficient (Wildman–Crippen LogP) is 1.92. The van der Waals surface area contributed by atoms with Crippen LogP contribution in [0.4, 0.5) is 4.39 Å². The van der Waals surface area contributed by atoms with Gasteiger partial charge in [-0.15, -0.1) is 0 Å². The molecule has 0 bridgehead atoms. The quantitative estimate of drug-likeness (QED) is 0.901. The lowest BCUT2D eigenvalue weighted by molar-refractivity contribution is -0.125. The van der Waals surface area contributed by atoms with E-state index in [-0.39, 0.29) is 42.3 Å². The van der Waals surface area contributed by atoms with E-state index in [0.29, 0.717) is 31.5 Å². The van der Waals surface area contributed by atoms with Crippen LogP contribution >= 0.6 is 0 Å². The molecule has 2 rings (SSSR count). The smallest absolute Gasteiger partial charge is 0.253 e. The first kappa shape index (κ1) is 17.1. The highest BCUT2D eigenvalue weighted by atomic mass is 19.1. The van der Waals surface area contributed by atoms with Crippen molar-refractivity contribution in [3.8, 4) is 0 Å². The number of benzene rings is 1. The van der Waals surface area contributed by atoms with Gasteiger partial charge in [0, 0.05) is 37.5 Å². The zero-order valence-corrected chi connectivity index (χ0v) is 13.2. The molecule has 1 fully saturated rings. The van der Waals surface area contributed by atoms with Gasteiger partial charge in [0.25, 0.3) is 5.91 Å². The minimum atomic E-state index is -0.367. The van der Waals surface area contributed by atoms with Crippen LogP contribution in [0.1, 0.15) is 43.0 Å². The van der Waals surface area contributed by atoms with Crippen LogP contribution in [0.2, 0.25) is 0 Å². The van der Waals surface area contributed by atoms with E-state index in [1.807, 2.05) is 0 Å². The molecule has 0 saturated carbocycles. The van der Waals surface area contributed by atoms with E-state index in [9.17, 15) is 18.8 Å². The fourth-order valence-electron chi connectivity index (χ4n) is 2.59. The first-order valence-electron chi connectivity index (χ1n) is 7.79. The lowest BCUT2D eigenvalue weighted by atomic mass is 10.0. The number of nitrogens with zero attached hydrogens (tertiary/aromatic N) is 1. The number of amides is 2. The molecular weight excluding hydrogens is 299 g/mol. The van der Waals surface area contributed by atoms with Crippen molar-refractivity contribution in [1.29, 1.82) is 0 Å². The van der Waals surface area contributed by atoms with E-state index in [0.717, 1.165) is 0 Å². The second-order valence-electron chi connectivity index (χ2n) is 5.84. The summed E-state index contributed by atoms with van der Waals surface area (Å²) in [7, 11) is 0. The van der Waals surface area contributed by atoms with Crippen LogP contribution in [0.25, 0.3) is 0 Å². The molecule has 5 nitrogen and oxygen atoms in total. The topological polar surface area (TPSA) is 66.5 Å². The van der Waals surface area contributed by atoms with Gasteiger partial charge in [-0.2, -0.15) is 0 Å². The van der Waals surface area contributed by atoms with Crippen molar-refractivity contribution in [3.05, 3.63) is 35.6 Å². The van der Waals surface area contributed by atoms with Crippen molar-refractivity contribution in [1.82, 2.24) is 10.2 Å². The van der Waals surface area contributed by atoms with Crippen molar-refractivity contribution in [3.63, 3.8) is 0 Å². The summed E-state index contributed by atoms with van der Waals surface area (Å²) in [6.45, 7) is 2.56. The Balaban J connectivity index is 1.79. The highest BCUT2D eigenvalue weighted by Crippen LogP contribution is 2.14. The number of ketones is 1. The second-order valence-corrected chi connectivity index (χ2v) is 5.84. The number of rotatable bonds is 5. The van der Waals surface area contributed by atoms with Crippen LogP contribution in [-0.2, 0) is 9.59 Å². The molecule has 1 saturated heterocycles. The molecular formula is C17H21FN2O3. The van der Waals surface area contributed by atoms with Crippen LogP contribution < -0.4 is 5.32 Å². The Morgan fingerprint density at radius 2 is 1.74 bits per heavy atom. The molecule has 6 heteroatoms. The number of likely N-dealkylation sites (tertiary alicyclic amines) is 1. The Kier molecular flexibility index (Phi) is 5.84. The first-order chi connectivity index (χ1) is 11.0. The summed E-state index contributed by atoms with van der Waals surface area (Å²) >= 11 is 0. The zero-order chi connectivity index (χ0) is 16.8. The Morgan fingerprint density at radius 1 is 1.13 bits per heavy atom. The number of Topliss-reactive ketones (excluding diaryl/α,β-unsaturated/α-hetero) is 1. The van der Waals surface area contributed by atoms with E-state index >= 15 is 0 Å². The lowest BCUT2D eigenvalue weighted by Gasteiger charge is -2.32. The predicted molar refractivity (Wildman–Crippen MR) is 83.4 cm³/mol. The van der Waals surface area contributed by atoms with Crippen molar-refractivity contribution >= 4 is 17.6 Å². The zero-order valence-electron chi connectivity index (χ0n) is 13.2. The van der Waals surface area contributed by atoms with Crippen molar-refractivity contribution in [2.75, 3.05) is 13.1 Å². The normalized spacial score (nSPS) is 15.3.